The molecule has 0 aliphatic heterocycles. The van der Waals surface area contributed by atoms with E-state index in [2.05, 4.69) is 36.6 Å². The number of rotatable bonds is 6. The molecule has 2 saturated carbocycles. The molecule has 0 aromatic heterocycles. The third kappa shape index (κ3) is 3.15. The molecule has 0 radical (unpaired) electrons. The molecule has 2 aliphatic rings. The maximum absolute atomic E-state index is 5.82. The van der Waals surface area contributed by atoms with Gasteiger partial charge in [0.05, 0.1) is 6.10 Å². The second kappa shape index (κ2) is 6.15. The highest BCUT2D eigenvalue weighted by molar-refractivity contribution is 5.30. The summed E-state index contributed by atoms with van der Waals surface area (Å²) in [5, 5.41) is 0. The van der Waals surface area contributed by atoms with Gasteiger partial charge in [-0.3, -0.25) is 11.3 Å². The standard InChI is InChI=1S/C17H26N2O/c1-2-12-3-4-14(11-12)17(19-18)13-5-7-15(8-6-13)20-16-9-10-16/h5-8,12,14,16-17,19H,2-4,9-11,18H2,1H3. The molecule has 1 aromatic rings. The van der Waals surface area contributed by atoms with E-state index in [9.17, 15) is 0 Å². The van der Waals surface area contributed by atoms with E-state index >= 15 is 0 Å². The lowest BCUT2D eigenvalue weighted by molar-refractivity contribution is 0.302. The van der Waals surface area contributed by atoms with Crippen molar-refractivity contribution in [2.75, 3.05) is 0 Å². The lowest BCUT2D eigenvalue weighted by atomic mass is 9.91. The van der Waals surface area contributed by atoms with Crippen molar-refractivity contribution < 1.29 is 4.74 Å². The summed E-state index contributed by atoms with van der Waals surface area (Å²) in [6.45, 7) is 2.29. The first-order chi connectivity index (χ1) is 9.80. The topological polar surface area (TPSA) is 47.3 Å². The van der Waals surface area contributed by atoms with Gasteiger partial charge in [-0.25, -0.2) is 0 Å². The Morgan fingerprint density at radius 3 is 2.50 bits per heavy atom. The van der Waals surface area contributed by atoms with Crippen molar-refractivity contribution in [3.8, 4) is 5.75 Å². The van der Waals surface area contributed by atoms with Crippen molar-refractivity contribution in [1.82, 2.24) is 5.43 Å². The summed E-state index contributed by atoms with van der Waals surface area (Å²) in [5.74, 6) is 8.36. The van der Waals surface area contributed by atoms with Crippen molar-refractivity contribution in [3.63, 3.8) is 0 Å². The highest BCUT2D eigenvalue weighted by atomic mass is 16.5. The van der Waals surface area contributed by atoms with Crippen LogP contribution in [0.4, 0.5) is 0 Å². The lowest BCUT2D eigenvalue weighted by Crippen LogP contribution is -2.32. The van der Waals surface area contributed by atoms with Crippen molar-refractivity contribution >= 4 is 0 Å². The Bertz CT molecular complexity index is 427. The van der Waals surface area contributed by atoms with Crippen molar-refractivity contribution in [3.05, 3.63) is 29.8 Å². The molecular weight excluding hydrogens is 248 g/mol. The zero-order valence-electron chi connectivity index (χ0n) is 12.3. The quantitative estimate of drug-likeness (QED) is 0.616. The molecule has 0 amide bonds. The van der Waals surface area contributed by atoms with Gasteiger partial charge >= 0.3 is 0 Å². The summed E-state index contributed by atoms with van der Waals surface area (Å²) in [5.41, 5.74) is 4.33. The van der Waals surface area contributed by atoms with Crippen LogP contribution in [0.15, 0.2) is 24.3 Å². The minimum absolute atomic E-state index is 0.279. The summed E-state index contributed by atoms with van der Waals surface area (Å²) < 4.78 is 5.80. The van der Waals surface area contributed by atoms with E-state index in [4.69, 9.17) is 10.6 Å². The molecule has 3 rings (SSSR count). The number of nitrogens with one attached hydrogen (secondary N) is 1. The van der Waals surface area contributed by atoms with Crippen LogP contribution in [0.3, 0.4) is 0 Å². The fourth-order valence-corrected chi connectivity index (χ4v) is 3.42. The third-order valence-corrected chi connectivity index (χ3v) is 4.88. The van der Waals surface area contributed by atoms with Crippen LogP contribution in [0.5, 0.6) is 5.75 Å². The normalized spacial score (nSPS) is 27.5. The Morgan fingerprint density at radius 2 is 1.95 bits per heavy atom. The van der Waals surface area contributed by atoms with Crippen LogP contribution in [0.2, 0.25) is 0 Å². The molecule has 3 nitrogen and oxygen atoms in total. The maximum atomic E-state index is 5.82. The Kier molecular flexibility index (Phi) is 4.27. The number of hydrogen-bond donors (Lipinski definition) is 2. The van der Waals surface area contributed by atoms with Crippen molar-refractivity contribution in [1.29, 1.82) is 0 Å². The summed E-state index contributed by atoms with van der Waals surface area (Å²) in [6, 6.07) is 8.79. The smallest absolute Gasteiger partial charge is 0.119 e. The van der Waals surface area contributed by atoms with Crippen LogP contribution >= 0.6 is 0 Å². The van der Waals surface area contributed by atoms with Gasteiger partial charge in [0.1, 0.15) is 5.75 Å². The molecule has 0 bridgehead atoms. The minimum atomic E-state index is 0.279. The molecule has 2 aliphatic carbocycles. The summed E-state index contributed by atoms with van der Waals surface area (Å²) in [6.07, 6.45) is 8.10. The van der Waals surface area contributed by atoms with Crippen LogP contribution in [-0.4, -0.2) is 6.10 Å². The number of ether oxygens (including phenoxy) is 1. The van der Waals surface area contributed by atoms with E-state index in [1.807, 2.05) is 0 Å². The van der Waals surface area contributed by atoms with Crippen molar-refractivity contribution in [2.45, 2.75) is 57.6 Å². The van der Waals surface area contributed by atoms with Gasteiger partial charge in [0.15, 0.2) is 0 Å². The zero-order chi connectivity index (χ0) is 13.9. The van der Waals surface area contributed by atoms with Gasteiger partial charge in [-0.1, -0.05) is 31.9 Å². The Morgan fingerprint density at radius 1 is 1.20 bits per heavy atom. The van der Waals surface area contributed by atoms with Gasteiger partial charge in [0, 0.05) is 6.04 Å². The molecule has 3 heteroatoms. The average Bonchev–Trinajstić information content (AvgIpc) is 3.16. The molecule has 0 spiro atoms. The molecule has 0 saturated heterocycles. The van der Waals surface area contributed by atoms with Crippen molar-refractivity contribution in [2.24, 2.45) is 17.7 Å². The Balaban J connectivity index is 1.65. The SMILES string of the molecule is CCC1CCC(C(NN)c2ccc(OC3CC3)cc2)C1. The highest BCUT2D eigenvalue weighted by Gasteiger charge is 2.30. The van der Waals surface area contributed by atoms with Crippen LogP contribution in [0.1, 0.15) is 57.1 Å². The van der Waals surface area contributed by atoms with Gasteiger partial charge in [-0.05, 0) is 55.2 Å². The monoisotopic (exact) mass is 274 g/mol. The van der Waals surface area contributed by atoms with Gasteiger partial charge in [0.25, 0.3) is 0 Å². The van der Waals surface area contributed by atoms with Crippen LogP contribution in [0, 0.1) is 11.8 Å². The second-order valence-electron chi connectivity index (χ2n) is 6.38. The van der Waals surface area contributed by atoms with Gasteiger partial charge in [-0.15, -0.1) is 0 Å². The predicted molar refractivity (Wildman–Crippen MR) is 81.3 cm³/mol. The fourth-order valence-electron chi connectivity index (χ4n) is 3.42. The van der Waals surface area contributed by atoms with Gasteiger partial charge in [0.2, 0.25) is 0 Å². The molecule has 2 fully saturated rings. The Hall–Kier alpha value is -1.06. The number of nitrogens with two attached hydrogens (primary N) is 1. The molecular formula is C17H26N2O. The van der Waals surface area contributed by atoms with Gasteiger partial charge < -0.3 is 4.74 Å². The predicted octanol–water partition coefficient (Wildman–Crippen LogP) is 3.56. The van der Waals surface area contributed by atoms with Gasteiger partial charge in [-0.2, -0.15) is 0 Å². The van der Waals surface area contributed by atoms with E-state index in [1.54, 1.807) is 0 Å². The van der Waals surface area contributed by atoms with E-state index in [0.29, 0.717) is 12.0 Å². The lowest BCUT2D eigenvalue weighted by Gasteiger charge is -2.23. The first-order valence-electron chi connectivity index (χ1n) is 8.03. The molecule has 20 heavy (non-hydrogen) atoms. The average molecular weight is 274 g/mol. The highest BCUT2D eigenvalue weighted by Crippen LogP contribution is 2.40. The largest absolute Gasteiger partial charge is 0.490 e. The fraction of sp³-hybridized carbons (Fsp3) is 0.647. The zero-order valence-corrected chi connectivity index (χ0v) is 12.3. The summed E-state index contributed by atoms with van der Waals surface area (Å²) in [7, 11) is 0. The van der Waals surface area contributed by atoms with Crippen LogP contribution in [-0.2, 0) is 0 Å². The first-order valence-corrected chi connectivity index (χ1v) is 8.03. The molecule has 110 valence electrons. The van der Waals surface area contributed by atoms with Crippen LogP contribution in [0.25, 0.3) is 0 Å². The van der Waals surface area contributed by atoms with E-state index in [-0.39, 0.29) is 6.04 Å². The summed E-state index contributed by atoms with van der Waals surface area (Å²) >= 11 is 0. The Labute approximate surface area is 121 Å². The number of benzene rings is 1. The molecule has 3 atom stereocenters. The van der Waals surface area contributed by atoms with E-state index < -0.39 is 0 Å². The number of hydrazine groups is 1. The molecule has 1 aromatic carbocycles. The summed E-state index contributed by atoms with van der Waals surface area (Å²) in [4.78, 5) is 0. The minimum Gasteiger partial charge on any atom is -0.490 e. The third-order valence-electron chi connectivity index (χ3n) is 4.88. The molecule has 0 heterocycles. The molecule has 3 unspecified atom stereocenters. The second-order valence-corrected chi connectivity index (χ2v) is 6.38. The maximum Gasteiger partial charge on any atom is 0.119 e. The van der Waals surface area contributed by atoms with E-state index in [0.717, 1.165) is 11.7 Å². The van der Waals surface area contributed by atoms with E-state index in [1.165, 1.54) is 44.1 Å². The van der Waals surface area contributed by atoms with Crippen LogP contribution < -0.4 is 16.0 Å². The molecule has 3 N–H and O–H groups in total. The number of hydrogen-bond acceptors (Lipinski definition) is 3. The first kappa shape index (κ1) is 13.9.